The molecule has 0 fully saturated rings. The summed E-state index contributed by atoms with van der Waals surface area (Å²) in [6.07, 6.45) is 3.41. The second-order valence-corrected chi connectivity index (χ2v) is 4.81. The fourth-order valence-corrected chi connectivity index (χ4v) is 1.96. The second kappa shape index (κ2) is 8.81. The Bertz CT molecular complexity index is 395. The molecule has 1 rings (SSSR count). The van der Waals surface area contributed by atoms with Crippen LogP contribution in [0.15, 0.2) is 24.3 Å². The number of rotatable bonds is 8. The van der Waals surface area contributed by atoms with Gasteiger partial charge in [-0.3, -0.25) is 4.79 Å². The second-order valence-electron chi connectivity index (χ2n) is 4.55. The molecule has 0 aliphatic rings. The number of hydrogen-bond acceptors (Lipinski definition) is 2. The standard InChI is InChI=1S/C15H22ClNO2/c1-3-4-7-10-19-14-9-6-5-8-13(14)12-17(2)15(18)11-16/h5-6,8-9H,3-4,7,10-12H2,1-2H3. The molecular weight excluding hydrogens is 262 g/mol. The fourth-order valence-electron chi connectivity index (χ4n) is 1.76. The summed E-state index contributed by atoms with van der Waals surface area (Å²) in [6, 6.07) is 7.82. The zero-order chi connectivity index (χ0) is 14.1. The summed E-state index contributed by atoms with van der Waals surface area (Å²) in [7, 11) is 1.75. The monoisotopic (exact) mass is 283 g/mol. The van der Waals surface area contributed by atoms with E-state index in [2.05, 4.69) is 6.92 Å². The predicted octanol–water partition coefficient (Wildman–Crippen LogP) is 3.45. The van der Waals surface area contributed by atoms with Gasteiger partial charge in [-0.05, 0) is 12.5 Å². The van der Waals surface area contributed by atoms with E-state index in [0.717, 1.165) is 24.3 Å². The number of para-hydroxylation sites is 1. The van der Waals surface area contributed by atoms with E-state index < -0.39 is 0 Å². The Hall–Kier alpha value is -1.22. The Labute approximate surface area is 120 Å². The summed E-state index contributed by atoms with van der Waals surface area (Å²) in [4.78, 5) is 13.1. The molecule has 0 aliphatic heterocycles. The minimum Gasteiger partial charge on any atom is -0.493 e. The minimum absolute atomic E-state index is 0.00994. The molecule has 0 saturated heterocycles. The number of halogens is 1. The van der Waals surface area contributed by atoms with Crippen LogP contribution in [0.4, 0.5) is 0 Å². The fraction of sp³-hybridized carbons (Fsp3) is 0.533. The van der Waals surface area contributed by atoms with Crippen molar-refractivity contribution in [3.63, 3.8) is 0 Å². The quantitative estimate of drug-likeness (QED) is 0.540. The molecule has 0 heterocycles. The van der Waals surface area contributed by atoms with E-state index in [9.17, 15) is 4.79 Å². The summed E-state index contributed by atoms with van der Waals surface area (Å²) in [5, 5.41) is 0. The van der Waals surface area contributed by atoms with Gasteiger partial charge in [-0.25, -0.2) is 0 Å². The van der Waals surface area contributed by atoms with Crippen LogP contribution in [-0.2, 0) is 11.3 Å². The van der Waals surface area contributed by atoms with Gasteiger partial charge >= 0.3 is 0 Å². The zero-order valence-corrected chi connectivity index (χ0v) is 12.4. The molecule has 0 spiro atoms. The van der Waals surface area contributed by atoms with Crippen molar-refractivity contribution in [2.45, 2.75) is 32.7 Å². The Morgan fingerprint density at radius 2 is 2.05 bits per heavy atom. The molecule has 3 nitrogen and oxygen atoms in total. The Balaban J connectivity index is 2.59. The molecule has 0 bridgehead atoms. The molecule has 19 heavy (non-hydrogen) atoms. The lowest BCUT2D eigenvalue weighted by Crippen LogP contribution is -2.27. The predicted molar refractivity (Wildman–Crippen MR) is 78.7 cm³/mol. The number of unbranched alkanes of at least 4 members (excludes halogenated alkanes) is 2. The maximum Gasteiger partial charge on any atom is 0.237 e. The Morgan fingerprint density at radius 1 is 1.32 bits per heavy atom. The van der Waals surface area contributed by atoms with Crippen molar-refractivity contribution in [1.29, 1.82) is 0 Å². The summed E-state index contributed by atoms with van der Waals surface area (Å²) in [5.74, 6) is 0.783. The highest BCUT2D eigenvalue weighted by atomic mass is 35.5. The molecule has 4 heteroatoms. The van der Waals surface area contributed by atoms with Crippen LogP contribution in [0.5, 0.6) is 5.75 Å². The molecule has 0 aromatic heterocycles. The highest BCUT2D eigenvalue weighted by Crippen LogP contribution is 2.20. The lowest BCUT2D eigenvalue weighted by atomic mass is 10.2. The molecule has 106 valence electrons. The topological polar surface area (TPSA) is 29.5 Å². The number of hydrogen-bond donors (Lipinski definition) is 0. The van der Waals surface area contributed by atoms with Crippen molar-refractivity contribution >= 4 is 17.5 Å². The van der Waals surface area contributed by atoms with Crippen molar-refractivity contribution in [2.24, 2.45) is 0 Å². The van der Waals surface area contributed by atoms with E-state index in [-0.39, 0.29) is 11.8 Å². The van der Waals surface area contributed by atoms with Gasteiger partial charge in [0.1, 0.15) is 11.6 Å². The van der Waals surface area contributed by atoms with Gasteiger partial charge in [-0.1, -0.05) is 38.0 Å². The number of benzene rings is 1. The van der Waals surface area contributed by atoms with Crippen LogP contribution in [0.3, 0.4) is 0 Å². The van der Waals surface area contributed by atoms with Crippen molar-refractivity contribution < 1.29 is 9.53 Å². The molecular formula is C15H22ClNO2. The molecule has 0 aliphatic carbocycles. The van der Waals surface area contributed by atoms with E-state index in [1.165, 1.54) is 12.8 Å². The van der Waals surface area contributed by atoms with Gasteiger partial charge in [0, 0.05) is 19.2 Å². The molecule has 0 saturated carbocycles. The largest absolute Gasteiger partial charge is 0.493 e. The summed E-state index contributed by atoms with van der Waals surface area (Å²) >= 11 is 5.55. The van der Waals surface area contributed by atoms with Gasteiger partial charge < -0.3 is 9.64 Å². The Kier molecular flexibility index (Phi) is 7.34. The minimum atomic E-state index is -0.0811. The average Bonchev–Trinajstić information content (AvgIpc) is 2.44. The van der Waals surface area contributed by atoms with E-state index in [1.807, 2.05) is 24.3 Å². The number of nitrogens with zero attached hydrogens (tertiary/aromatic N) is 1. The number of ether oxygens (including phenoxy) is 1. The van der Waals surface area contributed by atoms with Gasteiger partial charge in [0.05, 0.1) is 6.61 Å². The highest BCUT2D eigenvalue weighted by molar-refractivity contribution is 6.27. The van der Waals surface area contributed by atoms with Crippen LogP contribution in [0.2, 0.25) is 0 Å². The maximum absolute atomic E-state index is 11.5. The average molecular weight is 284 g/mol. The zero-order valence-electron chi connectivity index (χ0n) is 11.7. The number of carbonyl (C=O) groups is 1. The van der Waals surface area contributed by atoms with Crippen molar-refractivity contribution in [3.8, 4) is 5.75 Å². The maximum atomic E-state index is 11.5. The lowest BCUT2D eigenvalue weighted by Gasteiger charge is -2.18. The van der Waals surface area contributed by atoms with Gasteiger partial charge in [0.2, 0.25) is 5.91 Å². The molecule has 0 atom stereocenters. The van der Waals surface area contributed by atoms with Crippen LogP contribution in [0.1, 0.15) is 31.7 Å². The van der Waals surface area contributed by atoms with Gasteiger partial charge in [-0.2, -0.15) is 0 Å². The number of alkyl halides is 1. The molecule has 0 unspecified atom stereocenters. The molecule has 1 amide bonds. The van der Waals surface area contributed by atoms with Gasteiger partial charge in [0.15, 0.2) is 0 Å². The van der Waals surface area contributed by atoms with Crippen LogP contribution in [0.25, 0.3) is 0 Å². The summed E-state index contributed by atoms with van der Waals surface area (Å²) < 4.78 is 5.78. The highest BCUT2D eigenvalue weighted by Gasteiger charge is 2.10. The van der Waals surface area contributed by atoms with Crippen molar-refractivity contribution in [3.05, 3.63) is 29.8 Å². The van der Waals surface area contributed by atoms with Crippen molar-refractivity contribution in [1.82, 2.24) is 4.90 Å². The number of carbonyl (C=O) groups excluding carboxylic acids is 1. The first-order chi connectivity index (χ1) is 9.19. The van der Waals surface area contributed by atoms with Gasteiger partial charge in [0.25, 0.3) is 0 Å². The summed E-state index contributed by atoms with van der Waals surface area (Å²) in [5.41, 5.74) is 1.01. The Morgan fingerprint density at radius 3 is 2.74 bits per heavy atom. The third-order valence-corrected chi connectivity index (χ3v) is 3.15. The van der Waals surface area contributed by atoms with Crippen LogP contribution in [0, 0.1) is 0 Å². The van der Waals surface area contributed by atoms with E-state index in [1.54, 1.807) is 11.9 Å². The molecule has 1 aromatic rings. The van der Waals surface area contributed by atoms with Crippen LogP contribution in [-0.4, -0.2) is 30.3 Å². The third kappa shape index (κ3) is 5.52. The molecule has 1 aromatic carbocycles. The number of amides is 1. The van der Waals surface area contributed by atoms with Crippen molar-refractivity contribution in [2.75, 3.05) is 19.5 Å². The molecule has 0 radical (unpaired) electrons. The first kappa shape index (κ1) is 15.8. The smallest absolute Gasteiger partial charge is 0.237 e. The van der Waals surface area contributed by atoms with E-state index in [0.29, 0.717) is 6.54 Å². The normalized spacial score (nSPS) is 10.3. The van der Waals surface area contributed by atoms with E-state index >= 15 is 0 Å². The van der Waals surface area contributed by atoms with Gasteiger partial charge in [-0.15, -0.1) is 11.6 Å². The molecule has 0 N–H and O–H groups in total. The van der Waals surface area contributed by atoms with Crippen LogP contribution >= 0.6 is 11.6 Å². The first-order valence-corrected chi connectivity index (χ1v) is 7.23. The third-order valence-electron chi connectivity index (χ3n) is 2.93. The lowest BCUT2D eigenvalue weighted by molar-refractivity contribution is -0.127. The van der Waals surface area contributed by atoms with E-state index in [4.69, 9.17) is 16.3 Å². The first-order valence-electron chi connectivity index (χ1n) is 6.69. The SMILES string of the molecule is CCCCCOc1ccccc1CN(C)C(=O)CCl. The van der Waals surface area contributed by atoms with Crippen LogP contribution < -0.4 is 4.74 Å². The summed E-state index contributed by atoms with van der Waals surface area (Å²) in [6.45, 7) is 3.41.